The molecule has 0 bridgehead atoms. The van der Waals surface area contributed by atoms with Gasteiger partial charge in [0.05, 0.1) is 12.6 Å². The third-order valence-corrected chi connectivity index (χ3v) is 5.53. The molecule has 3 aromatic rings. The van der Waals surface area contributed by atoms with Crippen molar-refractivity contribution < 1.29 is 4.79 Å². The third kappa shape index (κ3) is 3.94. The van der Waals surface area contributed by atoms with E-state index in [2.05, 4.69) is 41.8 Å². The summed E-state index contributed by atoms with van der Waals surface area (Å²) < 4.78 is 3.12. The van der Waals surface area contributed by atoms with Crippen molar-refractivity contribution >= 4 is 27.6 Å². The van der Waals surface area contributed by atoms with E-state index >= 15 is 0 Å². The number of nitrogens with zero attached hydrogens (tertiary/aromatic N) is 4. The first-order valence-corrected chi connectivity index (χ1v) is 10.2. The Bertz CT molecular complexity index is 972. The van der Waals surface area contributed by atoms with Crippen LogP contribution in [0.2, 0.25) is 0 Å². The number of rotatable bonds is 4. The monoisotopic (exact) mass is 439 g/mol. The number of aryl methyl sites for hydroxylation is 1. The highest BCUT2D eigenvalue weighted by atomic mass is 79.9. The Hall–Kier alpha value is -2.67. The molecular formula is C21H22BrN5O. The lowest BCUT2D eigenvalue weighted by Crippen LogP contribution is -2.35. The second-order valence-corrected chi connectivity index (χ2v) is 7.91. The number of pyridine rings is 1. The van der Waals surface area contributed by atoms with Crippen molar-refractivity contribution in [2.24, 2.45) is 0 Å². The van der Waals surface area contributed by atoms with E-state index in [1.807, 2.05) is 54.5 Å². The van der Waals surface area contributed by atoms with Gasteiger partial charge in [-0.2, -0.15) is 0 Å². The minimum atomic E-state index is -0.0887. The Balaban J connectivity index is 1.56. The molecule has 1 saturated heterocycles. The van der Waals surface area contributed by atoms with Gasteiger partial charge in [-0.05, 0) is 49.6 Å². The summed E-state index contributed by atoms with van der Waals surface area (Å²) in [4.78, 5) is 23.7. The van der Waals surface area contributed by atoms with E-state index in [1.54, 1.807) is 6.20 Å². The molecule has 144 valence electrons. The van der Waals surface area contributed by atoms with Gasteiger partial charge in [0.15, 0.2) is 0 Å². The average Bonchev–Trinajstić information content (AvgIpc) is 3.30. The predicted molar refractivity (Wildman–Crippen MR) is 112 cm³/mol. The number of hydrogen-bond donors (Lipinski definition) is 1. The lowest BCUT2D eigenvalue weighted by atomic mass is 10.2. The van der Waals surface area contributed by atoms with Crippen molar-refractivity contribution in [1.82, 2.24) is 19.4 Å². The van der Waals surface area contributed by atoms with E-state index in [4.69, 9.17) is 0 Å². The van der Waals surface area contributed by atoms with Crippen molar-refractivity contribution in [2.45, 2.75) is 32.4 Å². The lowest BCUT2D eigenvalue weighted by Gasteiger charge is -2.25. The molecule has 1 N–H and O–H groups in total. The maximum Gasteiger partial charge on any atom is 0.322 e. The Labute approximate surface area is 172 Å². The Kier molecular flexibility index (Phi) is 5.43. The highest BCUT2D eigenvalue weighted by molar-refractivity contribution is 9.10. The molecule has 0 radical (unpaired) electrons. The van der Waals surface area contributed by atoms with E-state index in [-0.39, 0.29) is 12.1 Å². The Morgan fingerprint density at radius 2 is 2.18 bits per heavy atom. The van der Waals surface area contributed by atoms with E-state index in [0.29, 0.717) is 6.54 Å². The molecular weight excluding hydrogens is 418 g/mol. The number of carbonyl (C=O) groups is 1. The summed E-state index contributed by atoms with van der Waals surface area (Å²) in [7, 11) is 0. The van der Waals surface area contributed by atoms with Crippen molar-refractivity contribution in [2.75, 3.05) is 11.9 Å². The van der Waals surface area contributed by atoms with Crippen LogP contribution in [0.1, 0.15) is 36.0 Å². The van der Waals surface area contributed by atoms with Gasteiger partial charge in [0.2, 0.25) is 0 Å². The zero-order valence-electron chi connectivity index (χ0n) is 15.7. The molecule has 0 aliphatic carbocycles. The molecule has 1 fully saturated rings. The highest BCUT2D eigenvalue weighted by Crippen LogP contribution is 2.32. The quantitative estimate of drug-likeness (QED) is 0.636. The fraction of sp³-hybridized carbons (Fsp3) is 0.286. The van der Waals surface area contributed by atoms with Crippen LogP contribution < -0.4 is 5.32 Å². The topological polar surface area (TPSA) is 63.1 Å². The number of halogens is 1. The number of amides is 2. The fourth-order valence-corrected chi connectivity index (χ4v) is 4.06. The molecule has 1 aliphatic heterocycles. The summed E-state index contributed by atoms with van der Waals surface area (Å²) >= 11 is 3.44. The number of imidazole rings is 1. The van der Waals surface area contributed by atoms with Gasteiger partial charge in [-0.25, -0.2) is 9.78 Å². The number of hydrogen-bond acceptors (Lipinski definition) is 3. The number of aromatic nitrogens is 3. The Morgan fingerprint density at radius 1 is 1.29 bits per heavy atom. The molecule has 1 aromatic carbocycles. The van der Waals surface area contributed by atoms with Crippen LogP contribution in [0.25, 0.3) is 0 Å². The second kappa shape index (κ2) is 8.14. The van der Waals surface area contributed by atoms with Gasteiger partial charge in [-0.15, -0.1) is 0 Å². The van der Waals surface area contributed by atoms with E-state index < -0.39 is 0 Å². The fourth-order valence-electron chi connectivity index (χ4n) is 3.67. The van der Waals surface area contributed by atoms with Crippen LogP contribution >= 0.6 is 15.9 Å². The minimum absolute atomic E-state index is 0.0301. The van der Waals surface area contributed by atoms with Gasteiger partial charge < -0.3 is 14.8 Å². The molecule has 4 rings (SSSR count). The standard InChI is InChI=1S/C21H22BrN5O/c1-15-12-24-20(27(15)14-16-5-3-9-23-13-16)19-8-4-10-26(19)21(28)25-18-7-2-6-17(22)11-18/h2-3,5-7,9,11-13,19H,4,8,10,14H2,1H3,(H,25,28). The van der Waals surface area contributed by atoms with Gasteiger partial charge in [0.1, 0.15) is 5.82 Å². The van der Waals surface area contributed by atoms with Crippen molar-refractivity contribution in [3.05, 3.63) is 76.5 Å². The van der Waals surface area contributed by atoms with E-state index in [9.17, 15) is 4.79 Å². The van der Waals surface area contributed by atoms with Gasteiger partial charge in [-0.3, -0.25) is 4.98 Å². The molecule has 1 atom stereocenters. The molecule has 0 saturated carbocycles. The largest absolute Gasteiger partial charge is 0.326 e. The van der Waals surface area contributed by atoms with Crippen LogP contribution in [0.4, 0.5) is 10.5 Å². The zero-order valence-corrected chi connectivity index (χ0v) is 17.3. The predicted octanol–water partition coefficient (Wildman–Crippen LogP) is 4.77. The first-order valence-electron chi connectivity index (χ1n) is 9.36. The number of carbonyl (C=O) groups excluding carboxylic acids is 1. The summed E-state index contributed by atoms with van der Waals surface area (Å²) in [6, 6.07) is 11.5. The van der Waals surface area contributed by atoms with Crippen molar-refractivity contribution in [3.8, 4) is 0 Å². The smallest absolute Gasteiger partial charge is 0.322 e. The first-order chi connectivity index (χ1) is 13.6. The maximum absolute atomic E-state index is 12.9. The molecule has 1 unspecified atom stereocenters. The molecule has 1 aliphatic rings. The van der Waals surface area contributed by atoms with Gasteiger partial charge in [-0.1, -0.05) is 28.1 Å². The molecule has 2 amide bonds. The first kappa shape index (κ1) is 18.7. The number of likely N-dealkylation sites (tertiary alicyclic amines) is 1. The normalized spacial score (nSPS) is 16.4. The molecule has 0 spiro atoms. The molecule has 7 heteroatoms. The average molecular weight is 440 g/mol. The van der Waals surface area contributed by atoms with Crippen LogP contribution in [-0.2, 0) is 6.54 Å². The number of nitrogens with one attached hydrogen (secondary N) is 1. The van der Waals surface area contributed by atoms with Gasteiger partial charge in [0, 0.05) is 41.0 Å². The second-order valence-electron chi connectivity index (χ2n) is 7.00. The van der Waals surface area contributed by atoms with Crippen LogP contribution in [0, 0.1) is 6.92 Å². The summed E-state index contributed by atoms with van der Waals surface area (Å²) in [5, 5.41) is 3.01. The maximum atomic E-state index is 12.9. The SMILES string of the molecule is Cc1cnc(C2CCCN2C(=O)Nc2cccc(Br)c2)n1Cc1cccnc1. The number of anilines is 1. The van der Waals surface area contributed by atoms with Crippen molar-refractivity contribution in [1.29, 1.82) is 0 Å². The summed E-state index contributed by atoms with van der Waals surface area (Å²) in [6.45, 7) is 3.48. The molecule has 28 heavy (non-hydrogen) atoms. The van der Waals surface area contributed by atoms with Crippen LogP contribution in [0.5, 0.6) is 0 Å². The summed E-state index contributed by atoms with van der Waals surface area (Å²) in [6.07, 6.45) is 7.41. The van der Waals surface area contributed by atoms with E-state index in [0.717, 1.165) is 46.6 Å². The van der Waals surface area contributed by atoms with Gasteiger partial charge in [0.25, 0.3) is 0 Å². The van der Waals surface area contributed by atoms with E-state index in [1.165, 1.54) is 0 Å². The summed E-state index contributed by atoms with van der Waals surface area (Å²) in [5.74, 6) is 0.934. The van der Waals surface area contributed by atoms with Crippen LogP contribution in [0.3, 0.4) is 0 Å². The Morgan fingerprint density at radius 3 is 2.96 bits per heavy atom. The van der Waals surface area contributed by atoms with Crippen molar-refractivity contribution in [3.63, 3.8) is 0 Å². The number of benzene rings is 1. The molecule has 6 nitrogen and oxygen atoms in total. The van der Waals surface area contributed by atoms with Crippen LogP contribution in [0.15, 0.2) is 59.5 Å². The third-order valence-electron chi connectivity index (χ3n) is 5.04. The number of urea groups is 1. The minimum Gasteiger partial charge on any atom is -0.326 e. The van der Waals surface area contributed by atoms with Gasteiger partial charge >= 0.3 is 6.03 Å². The molecule has 2 aromatic heterocycles. The molecule has 3 heterocycles. The lowest BCUT2D eigenvalue weighted by molar-refractivity contribution is 0.204. The zero-order chi connectivity index (χ0) is 19.5. The summed E-state index contributed by atoms with van der Waals surface area (Å²) in [5.41, 5.74) is 2.98. The van der Waals surface area contributed by atoms with Crippen LogP contribution in [-0.4, -0.2) is 32.0 Å². The highest BCUT2D eigenvalue weighted by Gasteiger charge is 2.33.